The Labute approximate surface area is 200 Å². The van der Waals surface area contributed by atoms with Gasteiger partial charge in [-0.05, 0) is 55.3 Å². The summed E-state index contributed by atoms with van der Waals surface area (Å²) in [6.45, 7) is 1.37. The van der Waals surface area contributed by atoms with E-state index in [1.807, 2.05) is 34.9 Å². The Kier molecular flexibility index (Phi) is 7.50. The van der Waals surface area contributed by atoms with Crippen molar-refractivity contribution in [2.24, 2.45) is 0 Å². The first-order chi connectivity index (χ1) is 16.1. The van der Waals surface area contributed by atoms with Gasteiger partial charge in [-0.2, -0.15) is 5.26 Å². The van der Waals surface area contributed by atoms with Crippen LogP contribution in [0.1, 0.15) is 18.4 Å². The van der Waals surface area contributed by atoms with Crippen LogP contribution in [0.15, 0.2) is 47.6 Å². The Bertz CT molecular complexity index is 1170. The largest absolute Gasteiger partial charge is 0.497 e. The fraction of sp³-hybridized carbons (Fsp3) is 0.304. The van der Waals surface area contributed by atoms with E-state index in [-0.39, 0.29) is 17.8 Å². The van der Waals surface area contributed by atoms with Gasteiger partial charge in [-0.25, -0.2) is 0 Å². The molecule has 1 aliphatic rings. The van der Waals surface area contributed by atoms with Gasteiger partial charge in [0, 0.05) is 17.9 Å². The Hall–Kier alpha value is -3.06. The van der Waals surface area contributed by atoms with Crippen LogP contribution in [0.4, 0.5) is 5.69 Å². The van der Waals surface area contributed by atoms with Crippen molar-refractivity contribution >= 4 is 35.0 Å². The van der Waals surface area contributed by atoms with Gasteiger partial charge in [0.05, 0.1) is 36.1 Å². The summed E-state index contributed by atoms with van der Waals surface area (Å²) in [5, 5.41) is 21.5. The number of carbonyl (C=O) groups excluding carboxylic acids is 1. The van der Waals surface area contributed by atoms with Crippen molar-refractivity contribution in [1.82, 2.24) is 14.8 Å². The standard InChI is InChI=1S/C23H22ClN5O3S/c1-31-18-8-5-15(6-9-18)22-27-28-23(29(22)13-19-3-2-10-32-19)33-14-21(30)26-17-7-4-16(12-25)20(24)11-17/h4-9,11,19H,2-3,10,13-14H2,1H3,(H,26,30)/t19-/m0/s1. The first-order valence-electron chi connectivity index (χ1n) is 10.4. The van der Waals surface area contributed by atoms with E-state index < -0.39 is 0 Å². The number of anilines is 1. The zero-order chi connectivity index (χ0) is 23.2. The Morgan fingerprint density at radius 1 is 1.33 bits per heavy atom. The van der Waals surface area contributed by atoms with E-state index in [9.17, 15) is 4.79 Å². The molecule has 4 rings (SSSR count). The fourth-order valence-electron chi connectivity index (χ4n) is 3.52. The predicted octanol–water partition coefficient (Wildman–Crippen LogP) is 4.39. The van der Waals surface area contributed by atoms with Gasteiger partial charge in [-0.1, -0.05) is 23.4 Å². The first-order valence-corrected chi connectivity index (χ1v) is 11.7. The molecule has 1 aliphatic heterocycles. The molecule has 1 fully saturated rings. The molecule has 0 spiro atoms. The molecule has 0 saturated carbocycles. The number of rotatable bonds is 8. The van der Waals surface area contributed by atoms with Crippen LogP contribution in [0.3, 0.4) is 0 Å². The number of benzene rings is 2. The minimum atomic E-state index is -0.210. The number of nitrogens with zero attached hydrogens (tertiary/aromatic N) is 4. The molecular weight excluding hydrogens is 462 g/mol. The zero-order valence-corrected chi connectivity index (χ0v) is 19.5. The maximum atomic E-state index is 12.5. The van der Waals surface area contributed by atoms with Crippen molar-refractivity contribution in [3.8, 4) is 23.2 Å². The van der Waals surface area contributed by atoms with E-state index in [0.29, 0.717) is 28.0 Å². The predicted molar refractivity (Wildman–Crippen MR) is 127 cm³/mol. The smallest absolute Gasteiger partial charge is 0.234 e. The molecule has 1 saturated heterocycles. The first kappa shape index (κ1) is 23.1. The van der Waals surface area contributed by atoms with Crippen LogP contribution in [0.5, 0.6) is 5.75 Å². The van der Waals surface area contributed by atoms with Crippen LogP contribution in [0.2, 0.25) is 5.02 Å². The molecule has 33 heavy (non-hydrogen) atoms. The second-order valence-electron chi connectivity index (χ2n) is 7.42. The van der Waals surface area contributed by atoms with Crippen molar-refractivity contribution in [2.45, 2.75) is 30.6 Å². The molecule has 1 N–H and O–H groups in total. The molecular formula is C23H22ClN5O3S. The van der Waals surface area contributed by atoms with E-state index >= 15 is 0 Å². The molecule has 170 valence electrons. The summed E-state index contributed by atoms with van der Waals surface area (Å²) < 4.78 is 13.1. The zero-order valence-electron chi connectivity index (χ0n) is 18.0. The fourth-order valence-corrected chi connectivity index (χ4v) is 4.49. The molecule has 1 atom stereocenters. The number of methoxy groups -OCH3 is 1. The molecule has 0 radical (unpaired) electrons. The highest BCUT2D eigenvalue weighted by molar-refractivity contribution is 7.99. The number of hydrogen-bond donors (Lipinski definition) is 1. The number of ether oxygens (including phenoxy) is 2. The molecule has 10 heteroatoms. The van der Waals surface area contributed by atoms with E-state index in [4.69, 9.17) is 26.3 Å². The molecule has 0 unspecified atom stereocenters. The summed E-state index contributed by atoms with van der Waals surface area (Å²) in [6, 6.07) is 14.4. The second-order valence-corrected chi connectivity index (χ2v) is 8.77. The summed E-state index contributed by atoms with van der Waals surface area (Å²) in [5.41, 5.74) is 1.80. The van der Waals surface area contributed by atoms with Crippen molar-refractivity contribution in [1.29, 1.82) is 5.26 Å². The highest BCUT2D eigenvalue weighted by Gasteiger charge is 2.22. The van der Waals surface area contributed by atoms with Gasteiger partial charge in [0.1, 0.15) is 11.8 Å². The third kappa shape index (κ3) is 5.66. The van der Waals surface area contributed by atoms with Crippen LogP contribution >= 0.6 is 23.4 Å². The van der Waals surface area contributed by atoms with Gasteiger partial charge in [0.15, 0.2) is 11.0 Å². The van der Waals surface area contributed by atoms with E-state index in [1.54, 1.807) is 25.3 Å². The van der Waals surface area contributed by atoms with Crippen molar-refractivity contribution in [2.75, 3.05) is 24.8 Å². The number of nitrogens with one attached hydrogen (secondary N) is 1. The lowest BCUT2D eigenvalue weighted by molar-refractivity contribution is -0.113. The quantitative estimate of drug-likeness (QED) is 0.474. The number of nitriles is 1. The Morgan fingerprint density at radius 3 is 2.82 bits per heavy atom. The maximum Gasteiger partial charge on any atom is 0.234 e. The maximum absolute atomic E-state index is 12.5. The summed E-state index contributed by atoms with van der Waals surface area (Å²) in [5.74, 6) is 1.41. The Balaban J connectivity index is 1.49. The van der Waals surface area contributed by atoms with Gasteiger partial charge in [0.2, 0.25) is 5.91 Å². The summed E-state index contributed by atoms with van der Waals surface area (Å²) >= 11 is 7.35. The number of amides is 1. The highest BCUT2D eigenvalue weighted by Crippen LogP contribution is 2.28. The van der Waals surface area contributed by atoms with Gasteiger partial charge < -0.3 is 14.8 Å². The van der Waals surface area contributed by atoms with Crippen LogP contribution < -0.4 is 10.1 Å². The van der Waals surface area contributed by atoms with Gasteiger partial charge in [-0.15, -0.1) is 10.2 Å². The van der Waals surface area contributed by atoms with Crippen molar-refractivity contribution < 1.29 is 14.3 Å². The molecule has 1 amide bonds. The minimum absolute atomic E-state index is 0.0898. The average molecular weight is 484 g/mol. The number of halogens is 1. The summed E-state index contributed by atoms with van der Waals surface area (Å²) in [4.78, 5) is 12.5. The van der Waals surface area contributed by atoms with E-state index in [0.717, 1.165) is 36.6 Å². The van der Waals surface area contributed by atoms with Gasteiger partial charge in [0.25, 0.3) is 0 Å². The lowest BCUT2D eigenvalue weighted by atomic mass is 10.2. The minimum Gasteiger partial charge on any atom is -0.497 e. The lowest BCUT2D eigenvalue weighted by Crippen LogP contribution is -2.18. The number of hydrogen-bond acceptors (Lipinski definition) is 7. The normalized spacial score (nSPS) is 15.2. The van der Waals surface area contributed by atoms with Crippen molar-refractivity contribution in [3.63, 3.8) is 0 Å². The summed E-state index contributed by atoms with van der Waals surface area (Å²) in [6.07, 6.45) is 2.10. The number of thioether (sulfide) groups is 1. The van der Waals surface area contributed by atoms with Gasteiger partial charge >= 0.3 is 0 Å². The molecule has 0 bridgehead atoms. The Morgan fingerprint density at radius 2 is 2.15 bits per heavy atom. The lowest BCUT2D eigenvalue weighted by Gasteiger charge is -2.15. The van der Waals surface area contributed by atoms with E-state index in [1.165, 1.54) is 11.8 Å². The molecule has 3 aromatic rings. The summed E-state index contributed by atoms with van der Waals surface area (Å²) in [7, 11) is 1.63. The topological polar surface area (TPSA) is 102 Å². The van der Waals surface area contributed by atoms with Gasteiger partial charge in [-0.3, -0.25) is 9.36 Å². The van der Waals surface area contributed by atoms with E-state index in [2.05, 4.69) is 15.5 Å². The molecule has 2 aromatic carbocycles. The molecule has 8 nitrogen and oxygen atoms in total. The monoisotopic (exact) mass is 483 g/mol. The van der Waals surface area contributed by atoms with Crippen LogP contribution in [-0.4, -0.2) is 46.2 Å². The van der Waals surface area contributed by atoms with Crippen molar-refractivity contribution in [3.05, 3.63) is 53.1 Å². The highest BCUT2D eigenvalue weighted by atomic mass is 35.5. The van der Waals surface area contributed by atoms with Crippen LogP contribution in [-0.2, 0) is 16.1 Å². The van der Waals surface area contributed by atoms with Crippen LogP contribution in [0, 0.1) is 11.3 Å². The third-order valence-corrected chi connectivity index (χ3v) is 6.46. The average Bonchev–Trinajstić information content (AvgIpc) is 3.48. The molecule has 0 aliphatic carbocycles. The molecule has 2 heterocycles. The molecule has 1 aromatic heterocycles. The third-order valence-electron chi connectivity index (χ3n) is 5.18. The number of carbonyl (C=O) groups is 1. The second kappa shape index (κ2) is 10.7. The van der Waals surface area contributed by atoms with Crippen LogP contribution in [0.25, 0.3) is 11.4 Å². The SMILES string of the molecule is COc1ccc(-c2nnc(SCC(=O)Nc3ccc(C#N)c(Cl)c3)n2C[C@@H]2CCCO2)cc1. The number of aromatic nitrogens is 3.